The summed E-state index contributed by atoms with van der Waals surface area (Å²) in [5.41, 5.74) is 1.93. The number of hydrogen-bond donors (Lipinski definition) is 0. The Bertz CT molecular complexity index is 1040. The number of amides is 1. The smallest absolute Gasteiger partial charge is 0.248 e. The Kier molecular flexibility index (Phi) is 9.83. The number of aromatic nitrogens is 2. The number of ether oxygens (including phenoxy) is 2. The summed E-state index contributed by atoms with van der Waals surface area (Å²) in [5, 5.41) is 4.10. The number of rotatable bonds is 12. The minimum absolute atomic E-state index is 0.0319. The molecule has 0 atom stereocenters. The zero-order chi connectivity index (χ0) is 24.3. The Morgan fingerprint density at radius 2 is 1.83 bits per heavy atom. The molecule has 0 saturated carbocycles. The first-order valence-electron chi connectivity index (χ1n) is 12.0. The third-order valence-corrected chi connectivity index (χ3v) is 6.39. The lowest BCUT2D eigenvalue weighted by atomic mass is 10.2. The second-order valence-electron chi connectivity index (χ2n) is 8.44. The van der Waals surface area contributed by atoms with Gasteiger partial charge in [-0.1, -0.05) is 51.4 Å². The van der Waals surface area contributed by atoms with Crippen molar-refractivity contribution in [2.75, 3.05) is 52.5 Å². The molecule has 4 rings (SSSR count). The lowest BCUT2D eigenvalue weighted by Crippen LogP contribution is -2.40. The molecule has 1 saturated heterocycles. The van der Waals surface area contributed by atoms with Crippen LogP contribution in [0.5, 0.6) is 0 Å². The van der Waals surface area contributed by atoms with Gasteiger partial charge in [-0.3, -0.25) is 9.69 Å². The molecular formula is C26H31BrN4O4. The van der Waals surface area contributed by atoms with Crippen molar-refractivity contribution in [3.8, 4) is 11.4 Å². The van der Waals surface area contributed by atoms with Gasteiger partial charge in [0.25, 0.3) is 0 Å². The molecule has 2 heterocycles. The maximum atomic E-state index is 13.0. The SMILES string of the molecule is O=C(COCc1ccccc1)N(CCCN1CCOCC1)CCc1nc(-c2ccc(Br)cc2)no1. The highest BCUT2D eigenvalue weighted by molar-refractivity contribution is 9.10. The molecule has 0 aliphatic carbocycles. The standard InChI is InChI=1S/C26H31BrN4O4/c27-23-9-7-22(8-10-23)26-28-24(35-29-26)11-14-31(13-4-12-30-15-17-33-18-16-30)25(32)20-34-19-21-5-2-1-3-6-21/h1-3,5-10H,4,11-20H2. The molecule has 8 nitrogen and oxygen atoms in total. The molecule has 0 unspecified atom stereocenters. The van der Waals surface area contributed by atoms with E-state index in [0.29, 0.717) is 37.8 Å². The highest BCUT2D eigenvalue weighted by Crippen LogP contribution is 2.19. The van der Waals surface area contributed by atoms with Crippen LogP contribution >= 0.6 is 15.9 Å². The predicted molar refractivity (Wildman–Crippen MR) is 136 cm³/mol. The molecule has 2 aromatic carbocycles. The van der Waals surface area contributed by atoms with Crippen molar-refractivity contribution in [3.05, 3.63) is 70.5 Å². The van der Waals surface area contributed by atoms with Gasteiger partial charge in [0.2, 0.25) is 17.6 Å². The fourth-order valence-corrected chi connectivity index (χ4v) is 4.16. The van der Waals surface area contributed by atoms with E-state index in [-0.39, 0.29) is 12.5 Å². The molecule has 0 radical (unpaired) electrons. The van der Waals surface area contributed by atoms with Gasteiger partial charge in [0.05, 0.1) is 19.8 Å². The van der Waals surface area contributed by atoms with Gasteiger partial charge in [0, 0.05) is 49.2 Å². The van der Waals surface area contributed by atoms with Crippen LogP contribution in [-0.2, 0) is 27.3 Å². The molecular weight excluding hydrogens is 512 g/mol. The molecule has 0 N–H and O–H groups in total. The molecule has 1 aliphatic heterocycles. The number of halogens is 1. The van der Waals surface area contributed by atoms with Crippen molar-refractivity contribution < 1.29 is 18.8 Å². The van der Waals surface area contributed by atoms with Crippen LogP contribution in [0.1, 0.15) is 17.9 Å². The van der Waals surface area contributed by atoms with Crippen molar-refractivity contribution in [3.63, 3.8) is 0 Å². The largest absolute Gasteiger partial charge is 0.379 e. The predicted octanol–water partition coefficient (Wildman–Crippen LogP) is 3.81. The number of morpholine rings is 1. The quantitative estimate of drug-likeness (QED) is 0.344. The van der Waals surface area contributed by atoms with E-state index >= 15 is 0 Å². The van der Waals surface area contributed by atoms with Crippen molar-refractivity contribution in [2.45, 2.75) is 19.4 Å². The summed E-state index contributed by atoms with van der Waals surface area (Å²) in [5.74, 6) is 1.03. The third-order valence-electron chi connectivity index (χ3n) is 5.86. The maximum absolute atomic E-state index is 13.0. The number of carbonyl (C=O) groups is 1. The van der Waals surface area contributed by atoms with Gasteiger partial charge in [-0.25, -0.2) is 0 Å². The van der Waals surface area contributed by atoms with Crippen LogP contribution < -0.4 is 0 Å². The van der Waals surface area contributed by atoms with E-state index in [2.05, 4.69) is 31.0 Å². The highest BCUT2D eigenvalue weighted by atomic mass is 79.9. The molecule has 35 heavy (non-hydrogen) atoms. The van der Waals surface area contributed by atoms with Gasteiger partial charge in [0.1, 0.15) is 6.61 Å². The fraction of sp³-hybridized carbons (Fsp3) is 0.423. The molecule has 0 spiro atoms. The topological polar surface area (TPSA) is 80.9 Å². The average Bonchev–Trinajstić information content (AvgIpc) is 3.37. The van der Waals surface area contributed by atoms with E-state index in [1.54, 1.807) is 0 Å². The van der Waals surface area contributed by atoms with Crippen molar-refractivity contribution >= 4 is 21.8 Å². The fourth-order valence-electron chi connectivity index (χ4n) is 3.90. The van der Waals surface area contributed by atoms with E-state index in [1.165, 1.54) is 0 Å². The van der Waals surface area contributed by atoms with E-state index < -0.39 is 0 Å². The summed E-state index contributed by atoms with van der Waals surface area (Å²) in [6, 6.07) is 17.6. The van der Waals surface area contributed by atoms with Gasteiger partial charge in [-0.2, -0.15) is 4.98 Å². The minimum Gasteiger partial charge on any atom is -0.379 e. The van der Waals surface area contributed by atoms with Gasteiger partial charge in [-0.15, -0.1) is 0 Å². The van der Waals surface area contributed by atoms with Gasteiger partial charge >= 0.3 is 0 Å². The summed E-state index contributed by atoms with van der Waals surface area (Å²) >= 11 is 3.43. The second kappa shape index (κ2) is 13.5. The van der Waals surface area contributed by atoms with Gasteiger partial charge < -0.3 is 18.9 Å². The Hall–Kier alpha value is -2.59. The van der Waals surface area contributed by atoms with Crippen LogP contribution in [0.25, 0.3) is 11.4 Å². The summed E-state index contributed by atoms with van der Waals surface area (Å²) in [6.07, 6.45) is 1.38. The summed E-state index contributed by atoms with van der Waals surface area (Å²) in [7, 11) is 0. The van der Waals surface area contributed by atoms with Crippen LogP contribution in [0.2, 0.25) is 0 Å². The van der Waals surface area contributed by atoms with Crippen molar-refractivity contribution in [1.29, 1.82) is 0 Å². The number of hydrogen-bond acceptors (Lipinski definition) is 7. The lowest BCUT2D eigenvalue weighted by Gasteiger charge is -2.28. The molecule has 3 aromatic rings. The van der Waals surface area contributed by atoms with E-state index in [4.69, 9.17) is 14.0 Å². The first-order valence-corrected chi connectivity index (χ1v) is 12.7. The molecule has 1 aromatic heterocycles. The third kappa shape index (κ3) is 8.24. The van der Waals surface area contributed by atoms with E-state index in [9.17, 15) is 4.79 Å². The van der Waals surface area contributed by atoms with Crippen LogP contribution in [0.4, 0.5) is 0 Å². The monoisotopic (exact) mass is 542 g/mol. The second-order valence-corrected chi connectivity index (χ2v) is 9.35. The summed E-state index contributed by atoms with van der Waals surface area (Å²) < 4.78 is 17.6. The normalized spacial score (nSPS) is 14.2. The first kappa shape index (κ1) is 25.5. The Balaban J connectivity index is 1.31. The van der Waals surface area contributed by atoms with Crippen molar-refractivity contribution in [2.24, 2.45) is 0 Å². The Morgan fingerprint density at radius 3 is 2.60 bits per heavy atom. The molecule has 1 amide bonds. The van der Waals surface area contributed by atoms with Gasteiger partial charge in [0.15, 0.2) is 0 Å². The molecule has 1 aliphatic rings. The molecule has 0 bridgehead atoms. The number of nitrogens with zero attached hydrogens (tertiary/aromatic N) is 4. The van der Waals surface area contributed by atoms with Crippen molar-refractivity contribution in [1.82, 2.24) is 19.9 Å². The number of carbonyl (C=O) groups excluding carboxylic acids is 1. The van der Waals surface area contributed by atoms with Crippen LogP contribution in [0.3, 0.4) is 0 Å². The molecule has 1 fully saturated rings. The summed E-state index contributed by atoms with van der Waals surface area (Å²) in [6.45, 7) is 5.96. The summed E-state index contributed by atoms with van der Waals surface area (Å²) in [4.78, 5) is 21.7. The molecule has 186 valence electrons. The zero-order valence-corrected chi connectivity index (χ0v) is 21.4. The van der Waals surface area contributed by atoms with Crippen LogP contribution in [-0.4, -0.2) is 78.4 Å². The van der Waals surface area contributed by atoms with Crippen LogP contribution in [0.15, 0.2) is 63.6 Å². The minimum atomic E-state index is -0.0319. The number of benzene rings is 2. The van der Waals surface area contributed by atoms with Gasteiger partial charge in [-0.05, 0) is 36.2 Å². The lowest BCUT2D eigenvalue weighted by molar-refractivity contribution is -0.136. The molecule has 9 heteroatoms. The highest BCUT2D eigenvalue weighted by Gasteiger charge is 2.17. The first-order chi connectivity index (χ1) is 17.2. The maximum Gasteiger partial charge on any atom is 0.248 e. The van der Waals surface area contributed by atoms with Crippen LogP contribution in [0, 0.1) is 0 Å². The average molecular weight is 543 g/mol. The Labute approximate surface area is 214 Å². The van der Waals surface area contributed by atoms with E-state index in [1.807, 2.05) is 59.5 Å². The zero-order valence-electron chi connectivity index (χ0n) is 19.8. The van der Waals surface area contributed by atoms with E-state index in [0.717, 1.165) is 54.9 Å². The Morgan fingerprint density at radius 1 is 1.06 bits per heavy atom.